The predicted molar refractivity (Wildman–Crippen MR) is 146 cm³/mol. The average Bonchev–Trinajstić information content (AvgIpc) is 2.86. The van der Waals surface area contributed by atoms with E-state index in [1.54, 1.807) is 38.5 Å². The molecule has 1 amide bonds. The van der Waals surface area contributed by atoms with Gasteiger partial charge in [-0.05, 0) is 79.2 Å². The Morgan fingerprint density at radius 1 is 0.861 bits per heavy atom. The molecule has 0 saturated heterocycles. The largest absolute Gasteiger partial charge is 0.453 e. The van der Waals surface area contributed by atoms with Gasteiger partial charge in [-0.3, -0.25) is 9.59 Å². The van der Waals surface area contributed by atoms with E-state index in [-0.39, 0.29) is 18.3 Å². The highest BCUT2D eigenvalue weighted by Gasteiger charge is 2.48. The number of nitrogens with one attached hydrogen (secondary N) is 1. The molecule has 196 valence electrons. The zero-order chi connectivity index (χ0) is 26.0. The molecule has 6 rings (SSSR count). The summed E-state index contributed by atoms with van der Waals surface area (Å²) in [6.07, 6.45) is 9.90. The van der Waals surface area contributed by atoms with Gasteiger partial charge in [-0.15, -0.1) is 0 Å². The van der Waals surface area contributed by atoms with Crippen LogP contribution in [0.4, 0.5) is 0 Å². The van der Waals surface area contributed by atoms with Crippen molar-refractivity contribution in [2.24, 2.45) is 23.2 Å². The normalized spacial score (nSPS) is 25.2. The van der Waals surface area contributed by atoms with Gasteiger partial charge in [-0.2, -0.15) is 0 Å². The van der Waals surface area contributed by atoms with Crippen LogP contribution in [0.5, 0.6) is 0 Å². The minimum atomic E-state index is -0.411. The zero-order valence-electron chi connectivity index (χ0n) is 22.7. The molecule has 1 N–H and O–H groups in total. The lowest BCUT2D eigenvalue weighted by molar-refractivity contribution is -0.147. The first-order chi connectivity index (χ1) is 17.4. The highest BCUT2D eigenvalue weighted by atomic mass is 16.5. The van der Waals surface area contributed by atoms with Gasteiger partial charge in [0.05, 0.1) is 0 Å². The van der Waals surface area contributed by atoms with Crippen molar-refractivity contribution in [1.29, 1.82) is 0 Å². The van der Waals surface area contributed by atoms with Crippen LogP contribution in [0.15, 0.2) is 60.7 Å². The van der Waals surface area contributed by atoms with Crippen LogP contribution in [0, 0.1) is 23.2 Å². The fourth-order valence-electron chi connectivity index (χ4n) is 6.82. The maximum Gasteiger partial charge on any atom is 0.306 e. The van der Waals surface area contributed by atoms with E-state index in [0.29, 0.717) is 13.0 Å². The van der Waals surface area contributed by atoms with Crippen LogP contribution in [-0.2, 0) is 14.3 Å². The van der Waals surface area contributed by atoms with Gasteiger partial charge < -0.3 is 10.1 Å². The first kappa shape index (κ1) is 28.0. The third-order valence-corrected chi connectivity index (χ3v) is 7.73. The molecule has 4 heteroatoms. The van der Waals surface area contributed by atoms with E-state index in [1.165, 1.54) is 6.92 Å². The molecule has 4 saturated carbocycles. The Bertz CT molecular complexity index is 866. The molecule has 0 radical (unpaired) electrons. The van der Waals surface area contributed by atoms with Crippen molar-refractivity contribution in [1.82, 2.24) is 5.32 Å². The standard InChI is InChI=1S/C19H21NO3.C11H18.C2H6/c1-15(21)20-14-8-13-18(22)23-19(16-9-4-2-5-10-16)17-11-6-3-7-12-17;1-11-5-8-2-9(6-11)4-10(3-8)7-11;1-2/h2-7,9-12,19H,8,13-14H2,1H3,(H,20,21);8-10H,2-7H2,1H3;1-2H3. The Hall–Kier alpha value is -2.62. The van der Waals surface area contributed by atoms with Crippen molar-refractivity contribution < 1.29 is 14.3 Å². The van der Waals surface area contributed by atoms with Crippen molar-refractivity contribution in [3.05, 3.63) is 71.8 Å². The van der Waals surface area contributed by atoms with E-state index >= 15 is 0 Å². The van der Waals surface area contributed by atoms with Gasteiger partial charge in [0.2, 0.25) is 5.91 Å². The highest BCUT2D eigenvalue weighted by molar-refractivity contribution is 5.73. The molecule has 36 heavy (non-hydrogen) atoms. The Morgan fingerprint density at radius 3 is 1.69 bits per heavy atom. The molecular weight excluding hydrogens is 446 g/mol. The van der Waals surface area contributed by atoms with Crippen LogP contribution in [0.1, 0.15) is 96.3 Å². The molecule has 4 nitrogen and oxygen atoms in total. The van der Waals surface area contributed by atoms with E-state index in [1.807, 2.05) is 74.5 Å². The third-order valence-electron chi connectivity index (χ3n) is 7.73. The van der Waals surface area contributed by atoms with Gasteiger partial charge in [0.25, 0.3) is 0 Å². The quantitative estimate of drug-likeness (QED) is 0.322. The van der Waals surface area contributed by atoms with E-state index in [0.717, 1.165) is 34.3 Å². The van der Waals surface area contributed by atoms with E-state index in [4.69, 9.17) is 4.74 Å². The molecule has 0 aromatic heterocycles. The van der Waals surface area contributed by atoms with Crippen molar-refractivity contribution in [3.8, 4) is 0 Å². The lowest BCUT2D eigenvalue weighted by Gasteiger charge is -2.55. The summed E-state index contributed by atoms with van der Waals surface area (Å²) in [6, 6.07) is 19.4. The molecule has 4 fully saturated rings. The summed E-state index contributed by atoms with van der Waals surface area (Å²) in [5.41, 5.74) is 2.68. The average molecular weight is 492 g/mol. The molecule has 0 aliphatic heterocycles. The minimum Gasteiger partial charge on any atom is -0.453 e. The van der Waals surface area contributed by atoms with Gasteiger partial charge in [0.1, 0.15) is 0 Å². The molecule has 0 atom stereocenters. The van der Waals surface area contributed by atoms with Gasteiger partial charge >= 0.3 is 5.97 Å². The number of amides is 1. The number of hydrogen-bond acceptors (Lipinski definition) is 3. The first-order valence-corrected chi connectivity index (χ1v) is 13.9. The zero-order valence-corrected chi connectivity index (χ0v) is 22.7. The van der Waals surface area contributed by atoms with Crippen LogP contribution < -0.4 is 5.32 Å². The summed E-state index contributed by atoms with van der Waals surface area (Å²) in [5, 5.41) is 2.67. The number of benzene rings is 2. The third kappa shape index (κ3) is 8.21. The van der Waals surface area contributed by atoms with Crippen LogP contribution >= 0.6 is 0 Å². The smallest absolute Gasteiger partial charge is 0.306 e. The summed E-state index contributed by atoms with van der Waals surface area (Å²) in [7, 11) is 0. The van der Waals surface area contributed by atoms with Crippen LogP contribution in [0.2, 0.25) is 0 Å². The number of hydrogen-bond donors (Lipinski definition) is 1. The Morgan fingerprint density at radius 2 is 1.31 bits per heavy atom. The van der Waals surface area contributed by atoms with Gasteiger partial charge in [-0.1, -0.05) is 81.4 Å². The summed E-state index contributed by atoms with van der Waals surface area (Å²) in [5.74, 6) is 3.07. The highest BCUT2D eigenvalue weighted by Crippen LogP contribution is 2.59. The summed E-state index contributed by atoms with van der Waals surface area (Å²) >= 11 is 0. The van der Waals surface area contributed by atoms with Crippen LogP contribution in [0.25, 0.3) is 0 Å². The van der Waals surface area contributed by atoms with Gasteiger partial charge in [0.15, 0.2) is 6.10 Å². The number of ether oxygens (including phenoxy) is 1. The summed E-state index contributed by atoms with van der Waals surface area (Å²) in [4.78, 5) is 22.9. The summed E-state index contributed by atoms with van der Waals surface area (Å²) in [6.45, 7) is 8.47. The molecule has 0 unspecified atom stereocenters. The second-order valence-electron chi connectivity index (χ2n) is 11.0. The lowest BCUT2D eigenvalue weighted by Crippen LogP contribution is -2.44. The molecule has 0 spiro atoms. The Kier molecular flexibility index (Phi) is 10.6. The fourth-order valence-corrected chi connectivity index (χ4v) is 6.82. The first-order valence-electron chi connectivity index (χ1n) is 13.9. The van der Waals surface area contributed by atoms with E-state index < -0.39 is 6.10 Å². The fraction of sp³-hybridized carbons (Fsp3) is 0.562. The molecule has 0 heterocycles. The van der Waals surface area contributed by atoms with Crippen molar-refractivity contribution >= 4 is 11.9 Å². The minimum absolute atomic E-state index is 0.0928. The van der Waals surface area contributed by atoms with E-state index in [9.17, 15) is 9.59 Å². The van der Waals surface area contributed by atoms with Gasteiger partial charge in [-0.25, -0.2) is 0 Å². The molecular formula is C32H45NO3. The number of carbonyl (C=O) groups excluding carboxylic acids is 2. The Labute approximate surface area is 218 Å². The van der Waals surface area contributed by atoms with Crippen LogP contribution in [0.3, 0.4) is 0 Å². The van der Waals surface area contributed by atoms with Crippen molar-refractivity contribution in [3.63, 3.8) is 0 Å². The molecule has 4 aliphatic carbocycles. The monoisotopic (exact) mass is 491 g/mol. The number of rotatable bonds is 7. The number of esters is 1. The molecule has 2 aromatic carbocycles. The predicted octanol–water partition coefficient (Wildman–Crippen LogP) is 7.48. The van der Waals surface area contributed by atoms with Crippen LogP contribution in [-0.4, -0.2) is 18.4 Å². The molecule has 4 aliphatic rings. The maximum absolute atomic E-state index is 12.1. The summed E-state index contributed by atoms with van der Waals surface area (Å²) < 4.78 is 5.68. The topological polar surface area (TPSA) is 55.4 Å². The maximum atomic E-state index is 12.1. The lowest BCUT2D eigenvalue weighted by atomic mass is 9.50. The molecule has 4 bridgehead atoms. The SMILES string of the molecule is CC.CC(=O)NCCCC(=O)OC(c1ccccc1)c1ccccc1.CC12CC3CC(CC(C3)C1)C2. The second kappa shape index (κ2) is 13.6. The van der Waals surface area contributed by atoms with Gasteiger partial charge in [0, 0.05) is 19.9 Å². The number of carbonyl (C=O) groups is 2. The van der Waals surface area contributed by atoms with Crippen molar-refractivity contribution in [2.75, 3.05) is 6.54 Å². The Balaban J connectivity index is 0.000000228. The van der Waals surface area contributed by atoms with E-state index in [2.05, 4.69) is 12.2 Å². The molecule has 2 aromatic rings. The second-order valence-corrected chi connectivity index (χ2v) is 11.0. The van der Waals surface area contributed by atoms with Crippen molar-refractivity contribution in [2.45, 2.75) is 85.2 Å².